The molecule has 1 N–H and O–H groups in total. The van der Waals surface area contributed by atoms with Gasteiger partial charge in [-0.15, -0.1) is 0 Å². The number of anilines is 1. The molecule has 0 saturated heterocycles. The van der Waals surface area contributed by atoms with E-state index < -0.39 is 18.3 Å². The van der Waals surface area contributed by atoms with Crippen molar-refractivity contribution in [3.8, 4) is 0 Å². The van der Waals surface area contributed by atoms with Gasteiger partial charge in [0.05, 0.1) is 36.4 Å². The normalized spacial score (nSPS) is 10.5. The summed E-state index contributed by atoms with van der Waals surface area (Å²) < 4.78 is 1.31. The molecule has 0 unspecified atom stereocenters. The average Bonchev–Trinajstić information content (AvgIpc) is 3.13. The van der Waals surface area contributed by atoms with E-state index in [0.29, 0.717) is 21.7 Å². The van der Waals surface area contributed by atoms with Gasteiger partial charge in [-0.05, 0) is 23.8 Å². The molecule has 4 aromatic rings. The van der Waals surface area contributed by atoms with Crippen LogP contribution in [0.3, 0.4) is 0 Å². The van der Waals surface area contributed by atoms with Crippen molar-refractivity contribution in [3.05, 3.63) is 83.2 Å². The Hall–Kier alpha value is -2.47. The summed E-state index contributed by atoms with van der Waals surface area (Å²) in [4.78, 5) is 48.6. The summed E-state index contributed by atoms with van der Waals surface area (Å²) in [6, 6.07) is 8.41. The fourth-order valence-electron chi connectivity index (χ4n) is 3.25. The molecule has 0 aliphatic heterocycles. The molecule has 0 bridgehead atoms. The molecule has 0 saturated carbocycles. The molecule has 160 valence electrons. The molecule has 11 heteroatoms. The second kappa shape index (κ2) is 11.1. The van der Waals surface area contributed by atoms with Crippen LogP contribution in [0.2, 0.25) is 5.02 Å². The van der Waals surface area contributed by atoms with Crippen LogP contribution in [0.25, 0.3) is 11.0 Å². The number of aromatic nitrogens is 4. The van der Waals surface area contributed by atoms with Crippen molar-refractivity contribution in [3.63, 3.8) is 0 Å². The number of nitrogens with one attached hydrogen (secondary N) is 1. The molecule has 3 heterocycles. The summed E-state index contributed by atoms with van der Waals surface area (Å²) in [5.41, 5.74) is 1.87. The Balaban J connectivity index is 0.00000306. The Morgan fingerprint density at radius 2 is 1.82 bits per heavy atom. The van der Waals surface area contributed by atoms with E-state index >= 15 is 0 Å². The molecule has 0 spiro atoms. The van der Waals surface area contributed by atoms with E-state index in [9.17, 15) is 19.5 Å². The van der Waals surface area contributed by atoms with Gasteiger partial charge in [-0.25, -0.2) is 9.97 Å². The Morgan fingerprint density at radius 1 is 1.06 bits per heavy atom. The van der Waals surface area contributed by atoms with Crippen molar-refractivity contribution in [1.29, 1.82) is 0 Å². The first-order valence-electron chi connectivity index (χ1n) is 9.43. The predicted octanol–water partition coefficient (Wildman–Crippen LogP) is -1.35. The van der Waals surface area contributed by atoms with Crippen LogP contribution in [-0.2, 0) is 22.6 Å². The summed E-state index contributed by atoms with van der Waals surface area (Å²) in [6.45, 7) is -0.458. The van der Waals surface area contributed by atoms with Crippen LogP contribution in [0, 0.1) is 0 Å². The fraction of sp³-hybridized carbons (Fsp3) is 0.0909. The number of carboxylic acid groups (broad SMARTS) is 1. The molecular weight excluding hydrogens is 473 g/mol. The Morgan fingerprint density at radius 3 is 2.55 bits per heavy atom. The van der Waals surface area contributed by atoms with Crippen LogP contribution in [0.1, 0.15) is 21.5 Å². The van der Waals surface area contributed by atoms with Crippen LogP contribution >= 0.6 is 11.6 Å². The number of aliphatic carboxylic acids is 1. The van der Waals surface area contributed by atoms with Crippen LogP contribution in [0.4, 0.5) is 5.69 Å². The van der Waals surface area contributed by atoms with Gasteiger partial charge in [0.15, 0.2) is 5.78 Å². The number of carbonyl (C=O) groups is 3. The third kappa shape index (κ3) is 6.11. The molecule has 0 fully saturated rings. The largest absolute Gasteiger partial charge is 1.00 e. The predicted molar refractivity (Wildman–Crippen MR) is 114 cm³/mol. The second-order valence-electron chi connectivity index (χ2n) is 6.95. The van der Waals surface area contributed by atoms with Crippen LogP contribution in [0.5, 0.6) is 0 Å². The van der Waals surface area contributed by atoms with Gasteiger partial charge in [0.2, 0.25) is 5.91 Å². The molecule has 1 amide bonds. The van der Waals surface area contributed by atoms with Crippen LogP contribution in [0.15, 0.2) is 61.4 Å². The van der Waals surface area contributed by atoms with Crippen molar-refractivity contribution in [1.82, 2.24) is 19.5 Å². The maximum atomic E-state index is 13.1. The number of carbonyl (C=O) groups excluding carboxylic acids is 3. The van der Waals surface area contributed by atoms with E-state index in [1.165, 1.54) is 41.7 Å². The first kappa shape index (κ1) is 25.2. The SMILES string of the molecule is O=C([O-])Cn1cc(C(=O)c2cncc(NC(=O)Cc3ccc(Cl)cc3)c2)c2cncnc21.[K+]. The van der Waals surface area contributed by atoms with E-state index in [2.05, 4.69) is 20.3 Å². The summed E-state index contributed by atoms with van der Waals surface area (Å²) >= 11 is 5.86. The molecule has 4 rings (SSSR count). The van der Waals surface area contributed by atoms with E-state index in [1.807, 2.05) is 0 Å². The minimum Gasteiger partial charge on any atom is -0.548 e. The minimum atomic E-state index is -1.31. The third-order valence-corrected chi connectivity index (χ3v) is 4.90. The number of hydrogen-bond acceptors (Lipinski definition) is 7. The Bertz CT molecular complexity index is 1340. The number of amides is 1. The zero-order chi connectivity index (χ0) is 22.7. The number of hydrogen-bond donors (Lipinski definition) is 1. The van der Waals surface area contributed by atoms with E-state index in [1.54, 1.807) is 24.3 Å². The Labute approximate surface area is 235 Å². The Kier molecular flexibility index (Phi) is 8.46. The van der Waals surface area contributed by atoms with Crippen molar-refractivity contribution in [2.75, 3.05) is 5.32 Å². The first-order chi connectivity index (χ1) is 15.4. The molecule has 9 nitrogen and oxygen atoms in total. The van der Waals surface area contributed by atoms with Gasteiger partial charge in [-0.2, -0.15) is 0 Å². The van der Waals surface area contributed by atoms with Crippen molar-refractivity contribution in [2.45, 2.75) is 13.0 Å². The monoisotopic (exact) mass is 487 g/mol. The van der Waals surface area contributed by atoms with E-state index in [-0.39, 0.29) is 74.8 Å². The maximum Gasteiger partial charge on any atom is 1.00 e. The first-order valence-corrected chi connectivity index (χ1v) is 9.81. The van der Waals surface area contributed by atoms with Gasteiger partial charge in [0, 0.05) is 34.6 Å². The number of halogens is 1. The van der Waals surface area contributed by atoms with Crippen molar-refractivity contribution in [2.24, 2.45) is 0 Å². The summed E-state index contributed by atoms with van der Waals surface area (Å²) in [5.74, 6) is -2.01. The third-order valence-electron chi connectivity index (χ3n) is 4.64. The summed E-state index contributed by atoms with van der Waals surface area (Å²) in [7, 11) is 0. The van der Waals surface area contributed by atoms with E-state index in [0.717, 1.165) is 5.56 Å². The van der Waals surface area contributed by atoms with Gasteiger partial charge in [0.25, 0.3) is 0 Å². The smallest absolute Gasteiger partial charge is 0.548 e. The van der Waals surface area contributed by atoms with Crippen LogP contribution in [-0.4, -0.2) is 37.2 Å². The van der Waals surface area contributed by atoms with Crippen molar-refractivity contribution >= 4 is 46.0 Å². The van der Waals surface area contributed by atoms with Crippen LogP contribution < -0.4 is 61.8 Å². The van der Waals surface area contributed by atoms with Gasteiger partial charge >= 0.3 is 51.4 Å². The molecule has 1 aromatic carbocycles. The molecule has 3 aromatic heterocycles. The summed E-state index contributed by atoms with van der Waals surface area (Å²) in [5, 5.41) is 14.7. The number of ketones is 1. The second-order valence-corrected chi connectivity index (χ2v) is 7.38. The van der Waals surface area contributed by atoms with Gasteiger partial charge in [-0.1, -0.05) is 23.7 Å². The van der Waals surface area contributed by atoms with Gasteiger partial charge in [0.1, 0.15) is 12.0 Å². The molecule has 0 aliphatic carbocycles. The topological polar surface area (TPSA) is 130 Å². The summed E-state index contributed by atoms with van der Waals surface area (Å²) in [6.07, 6.45) is 7.02. The minimum absolute atomic E-state index is 0. The van der Waals surface area contributed by atoms with Gasteiger partial charge < -0.3 is 19.8 Å². The zero-order valence-corrected chi connectivity index (χ0v) is 21.4. The molecular formula is C22H15ClKN5O4. The number of nitrogens with zero attached hydrogens (tertiary/aromatic N) is 4. The maximum absolute atomic E-state index is 13.1. The van der Waals surface area contributed by atoms with Crippen molar-refractivity contribution < 1.29 is 70.9 Å². The molecule has 33 heavy (non-hydrogen) atoms. The number of pyridine rings is 1. The number of carboxylic acids is 1. The average molecular weight is 488 g/mol. The molecule has 0 aliphatic rings. The quantitative estimate of drug-likeness (QED) is 0.252. The molecule has 0 radical (unpaired) electrons. The standard InChI is InChI=1S/C22H16ClN5O4.K/c23-15-3-1-13(2-4-15)5-19(29)27-16-6-14(7-24-8-16)21(32)18-10-28(11-20(30)31)22-17(18)9-25-12-26-22;/h1-4,6-10,12H,5,11H2,(H,27,29)(H,30,31);/q;+1/p-1. The zero-order valence-electron chi connectivity index (χ0n) is 17.5. The van der Waals surface area contributed by atoms with Gasteiger partial charge in [-0.3, -0.25) is 14.6 Å². The number of rotatable bonds is 7. The molecule has 0 atom stereocenters. The number of benzene rings is 1. The van der Waals surface area contributed by atoms with E-state index in [4.69, 9.17) is 11.6 Å². The fourth-order valence-corrected chi connectivity index (χ4v) is 3.38. The number of fused-ring (bicyclic) bond motifs is 1.